The fourth-order valence-electron chi connectivity index (χ4n) is 3.04. The molecule has 0 spiro atoms. The zero-order valence-electron chi connectivity index (χ0n) is 15.2. The number of rotatable bonds is 5. The molecule has 0 aliphatic carbocycles. The Morgan fingerprint density at radius 1 is 0.966 bits per heavy atom. The first kappa shape index (κ1) is 18.8. The normalized spacial score (nSPS) is 11.6. The van der Waals surface area contributed by atoms with Gasteiger partial charge >= 0.3 is 0 Å². The molecule has 4 rings (SSSR count). The van der Waals surface area contributed by atoms with Crippen LogP contribution in [0.15, 0.2) is 89.2 Å². The third-order valence-electron chi connectivity index (χ3n) is 4.43. The molecule has 144 valence electrons. The van der Waals surface area contributed by atoms with Crippen molar-refractivity contribution in [3.63, 3.8) is 0 Å². The number of hydrogen-bond acceptors (Lipinski definition) is 4. The van der Waals surface area contributed by atoms with E-state index in [0.29, 0.717) is 22.6 Å². The molecule has 0 saturated carbocycles. The van der Waals surface area contributed by atoms with Crippen LogP contribution in [-0.4, -0.2) is 9.49 Å². The first-order valence-electron chi connectivity index (χ1n) is 8.89. The minimum atomic E-state index is -0.453. The average molecular weight is 405 g/mol. The Morgan fingerprint density at radius 3 is 2.41 bits per heavy atom. The van der Waals surface area contributed by atoms with Gasteiger partial charge in [0.15, 0.2) is 4.80 Å². The molecule has 1 heterocycles. The second-order valence-corrected chi connectivity index (χ2v) is 7.15. The Hall–Kier alpha value is -3.58. The van der Waals surface area contributed by atoms with Gasteiger partial charge in [0.05, 0.1) is 17.2 Å². The molecule has 0 amide bonds. The number of para-hydroxylation sites is 2. The van der Waals surface area contributed by atoms with Gasteiger partial charge in [0.2, 0.25) is 0 Å². The van der Waals surface area contributed by atoms with Gasteiger partial charge < -0.3 is 4.57 Å². The van der Waals surface area contributed by atoms with Crippen LogP contribution < -0.4 is 4.80 Å². The van der Waals surface area contributed by atoms with Crippen molar-refractivity contribution >= 4 is 22.7 Å². The Labute approximate surface area is 170 Å². The molecule has 29 heavy (non-hydrogen) atoms. The number of nitro groups is 1. The van der Waals surface area contributed by atoms with Crippen LogP contribution in [0.25, 0.3) is 11.3 Å². The molecule has 0 fully saturated rings. The van der Waals surface area contributed by atoms with E-state index in [2.05, 4.69) is 4.99 Å². The zero-order chi connectivity index (χ0) is 20.2. The van der Waals surface area contributed by atoms with Gasteiger partial charge in [-0.2, -0.15) is 0 Å². The highest BCUT2D eigenvalue weighted by atomic mass is 32.1. The SMILES string of the molecule is O=[N+]([O-])c1ccccc1N=c1scc(-c2ccccc2F)n1Cc1ccccc1. The number of benzene rings is 3. The molecule has 0 radical (unpaired) electrons. The van der Waals surface area contributed by atoms with E-state index < -0.39 is 4.92 Å². The first-order valence-corrected chi connectivity index (χ1v) is 9.77. The molecule has 0 N–H and O–H groups in total. The van der Waals surface area contributed by atoms with Crippen LogP contribution in [0.4, 0.5) is 15.8 Å². The molecule has 4 aromatic rings. The lowest BCUT2D eigenvalue weighted by molar-refractivity contribution is -0.384. The number of halogens is 1. The monoisotopic (exact) mass is 405 g/mol. The van der Waals surface area contributed by atoms with E-state index in [1.807, 2.05) is 40.3 Å². The lowest BCUT2D eigenvalue weighted by Gasteiger charge is -2.10. The number of hydrogen-bond donors (Lipinski definition) is 0. The summed E-state index contributed by atoms with van der Waals surface area (Å²) in [4.78, 5) is 16.0. The van der Waals surface area contributed by atoms with Crippen molar-refractivity contribution in [2.45, 2.75) is 6.54 Å². The minimum absolute atomic E-state index is 0.0698. The van der Waals surface area contributed by atoms with Crippen LogP contribution in [0.2, 0.25) is 0 Å². The van der Waals surface area contributed by atoms with Gasteiger partial charge in [-0.1, -0.05) is 54.6 Å². The standard InChI is InChI=1S/C22H16FN3O2S/c23-18-11-5-4-10-17(18)21-15-29-22(25(21)14-16-8-2-1-3-9-16)24-19-12-6-7-13-20(19)26(27)28/h1-13,15H,14H2. The highest BCUT2D eigenvalue weighted by Gasteiger charge is 2.15. The van der Waals surface area contributed by atoms with Gasteiger partial charge in [0.1, 0.15) is 11.5 Å². The van der Waals surface area contributed by atoms with Crippen molar-refractivity contribution in [1.82, 2.24) is 4.57 Å². The van der Waals surface area contributed by atoms with E-state index in [-0.39, 0.29) is 17.2 Å². The van der Waals surface area contributed by atoms with E-state index in [4.69, 9.17) is 0 Å². The molecule has 1 aromatic heterocycles. The zero-order valence-corrected chi connectivity index (χ0v) is 16.1. The highest BCUT2D eigenvalue weighted by molar-refractivity contribution is 7.07. The van der Waals surface area contributed by atoms with E-state index in [1.165, 1.54) is 23.5 Å². The van der Waals surface area contributed by atoms with E-state index in [1.54, 1.807) is 36.4 Å². The third-order valence-corrected chi connectivity index (χ3v) is 5.29. The summed E-state index contributed by atoms with van der Waals surface area (Å²) in [6, 6.07) is 22.6. The van der Waals surface area contributed by atoms with E-state index in [9.17, 15) is 14.5 Å². The number of thiazole rings is 1. The largest absolute Gasteiger partial charge is 0.312 e. The van der Waals surface area contributed by atoms with Gasteiger partial charge in [0.25, 0.3) is 5.69 Å². The Morgan fingerprint density at radius 2 is 1.66 bits per heavy atom. The summed E-state index contributed by atoms with van der Waals surface area (Å²) in [7, 11) is 0. The topological polar surface area (TPSA) is 60.4 Å². The predicted octanol–water partition coefficient (Wildman–Crippen LogP) is 5.54. The van der Waals surface area contributed by atoms with Gasteiger partial charge in [-0.25, -0.2) is 9.38 Å². The summed E-state index contributed by atoms with van der Waals surface area (Å²) < 4.78 is 16.4. The molecule has 5 nitrogen and oxygen atoms in total. The third kappa shape index (κ3) is 4.00. The molecule has 0 aliphatic rings. The van der Waals surface area contributed by atoms with Crippen molar-refractivity contribution in [1.29, 1.82) is 0 Å². The van der Waals surface area contributed by atoms with Crippen molar-refractivity contribution in [2.75, 3.05) is 0 Å². The van der Waals surface area contributed by atoms with E-state index in [0.717, 1.165) is 5.56 Å². The summed E-state index contributed by atoms with van der Waals surface area (Å²) in [5.74, 6) is -0.329. The molecule has 0 atom stereocenters. The molecule has 7 heteroatoms. The molecule has 0 saturated heterocycles. The second kappa shape index (κ2) is 8.20. The summed E-state index contributed by atoms with van der Waals surface area (Å²) >= 11 is 1.32. The fraction of sp³-hybridized carbons (Fsp3) is 0.0455. The number of nitro benzene ring substituents is 1. The van der Waals surface area contributed by atoms with Gasteiger partial charge in [-0.15, -0.1) is 11.3 Å². The lowest BCUT2D eigenvalue weighted by Crippen LogP contribution is -2.17. The quantitative estimate of drug-likeness (QED) is 0.323. The van der Waals surface area contributed by atoms with Gasteiger partial charge in [-0.3, -0.25) is 10.1 Å². The maximum absolute atomic E-state index is 14.5. The molecule has 0 unspecified atom stereocenters. The van der Waals surface area contributed by atoms with Crippen LogP contribution in [-0.2, 0) is 6.54 Å². The van der Waals surface area contributed by atoms with Crippen LogP contribution in [0.5, 0.6) is 0 Å². The van der Waals surface area contributed by atoms with E-state index >= 15 is 0 Å². The first-order chi connectivity index (χ1) is 14.1. The Balaban J connectivity index is 1.91. The molecular formula is C22H16FN3O2S. The number of nitrogens with zero attached hydrogens (tertiary/aromatic N) is 3. The lowest BCUT2D eigenvalue weighted by atomic mass is 10.1. The maximum atomic E-state index is 14.5. The van der Waals surface area contributed by atoms with Gasteiger partial charge in [0, 0.05) is 17.0 Å². The summed E-state index contributed by atoms with van der Waals surface area (Å²) in [6.45, 7) is 0.466. The Kier molecular flexibility index (Phi) is 5.31. The molecule has 3 aromatic carbocycles. The van der Waals surface area contributed by atoms with Crippen LogP contribution >= 0.6 is 11.3 Å². The Bertz CT molecular complexity index is 1230. The van der Waals surface area contributed by atoms with Crippen molar-refractivity contribution in [3.8, 4) is 11.3 Å². The van der Waals surface area contributed by atoms with Crippen molar-refractivity contribution < 1.29 is 9.31 Å². The number of aromatic nitrogens is 1. The van der Waals surface area contributed by atoms with Crippen LogP contribution in [0.1, 0.15) is 5.56 Å². The molecule has 0 aliphatic heterocycles. The summed E-state index contributed by atoms with van der Waals surface area (Å²) in [5.41, 5.74) is 2.35. The molecular weight excluding hydrogens is 389 g/mol. The summed E-state index contributed by atoms with van der Waals surface area (Å²) in [6.07, 6.45) is 0. The van der Waals surface area contributed by atoms with Crippen LogP contribution in [0, 0.1) is 15.9 Å². The second-order valence-electron chi connectivity index (χ2n) is 6.31. The van der Waals surface area contributed by atoms with Crippen molar-refractivity contribution in [2.24, 2.45) is 4.99 Å². The minimum Gasteiger partial charge on any atom is -0.312 e. The highest BCUT2D eigenvalue weighted by Crippen LogP contribution is 2.28. The predicted molar refractivity (Wildman–Crippen MR) is 112 cm³/mol. The van der Waals surface area contributed by atoms with Crippen LogP contribution in [0.3, 0.4) is 0 Å². The smallest absolute Gasteiger partial charge is 0.294 e. The van der Waals surface area contributed by atoms with Crippen molar-refractivity contribution in [3.05, 3.63) is 111 Å². The van der Waals surface area contributed by atoms with Gasteiger partial charge in [-0.05, 0) is 23.8 Å². The molecule has 0 bridgehead atoms. The average Bonchev–Trinajstić information content (AvgIpc) is 3.11. The maximum Gasteiger partial charge on any atom is 0.294 e. The fourth-order valence-corrected chi connectivity index (χ4v) is 3.95. The summed E-state index contributed by atoms with van der Waals surface area (Å²) in [5, 5.41) is 13.2.